The van der Waals surface area contributed by atoms with Crippen molar-refractivity contribution < 1.29 is 9.53 Å². The third-order valence-corrected chi connectivity index (χ3v) is 4.12. The van der Waals surface area contributed by atoms with Gasteiger partial charge in [-0.05, 0) is 44.1 Å². The van der Waals surface area contributed by atoms with Crippen LogP contribution in [-0.4, -0.2) is 22.4 Å². The number of ether oxygens (including phenoxy) is 1. The first-order chi connectivity index (χ1) is 7.70. The summed E-state index contributed by atoms with van der Waals surface area (Å²) >= 11 is 1.49. The fourth-order valence-electron chi connectivity index (χ4n) is 2.22. The summed E-state index contributed by atoms with van der Waals surface area (Å²) in [5.74, 6) is 1.38. The van der Waals surface area contributed by atoms with Gasteiger partial charge in [-0.2, -0.15) is 4.37 Å². The van der Waals surface area contributed by atoms with Gasteiger partial charge in [0.2, 0.25) is 0 Å². The molecule has 1 fully saturated rings. The van der Waals surface area contributed by atoms with E-state index in [2.05, 4.69) is 9.36 Å². The number of hydrogen-bond acceptors (Lipinski definition) is 5. The number of aryl methyl sites for hydroxylation is 1. The molecule has 0 N–H and O–H groups in total. The number of esters is 1. The Kier molecular flexibility index (Phi) is 3.53. The highest BCUT2D eigenvalue weighted by Gasteiger charge is 2.29. The molecule has 0 spiro atoms. The van der Waals surface area contributed by atoms with Gasteiger partial charge in [0.05, 0.1) is 13.0 Å². The van der Waals surface area contributed by atoms with E-state index < -0.39 is 0 Å². The zero-order valence-corrected chi connectivity index (χ0v) is 10.4. The van der Waals surface area contributed by atoms with Crippen molar-refractivity contribution in [3.05, 3.63) is 10.8 Å². The van der Waals surface area contributed by atoms with Crippen molar-refractivity contribution in [2.75, 3.05) is 7.11 Å². The molecule has 0 aromatic carbocycles. The van der Waals surface area contributed by atoms with Gasteiger partial charge in [-0.1, -0.05) is 0 Å². The Bertz CT molecular complexity index is 370. The maximum Gasteiger partial charge on any atom is 0.308 e. The molecule has 0 radical (unpaired) electrons. The molecule has 0 unspecified atom stereocenters. The van der Waals surface area contributed by atoms with Crippen molar-refractivity contribution in [1.82, 2.24) is 9.36 Å². The average molecular weight is 240 g/mol. The van der Waals surface area contributed by atoms with Crippen molar-refractivity contribution in [1.29, 1.82) is 0 Å². The molecule has 5 heteroatoms. The van der Waals surface area contributed by atoms with Crippen LogP contribution in [0.2, 0.25) is 0 Å². The van der Waals surface area contributed by atoms with Crippen LogP contribution in [-0.2, 0) is 9.53 Å². The minimum Gasteiger partial charge on any atom is -0.469 e. The van der Waals surface area contributed by atoms with Gasteiger partial charge in [0.15, 0.2) is 0 Å². The lowest BCUT2D eigenvalue weighted by atomic mass is 9.82. The molecule has 0 saturated heterocycles. The van der Waals surface area contributed by atoms with E-state index in [0.29, 0.717) is 5.92 Å². The zero-order chi connectivity index (χ0) is 11.5. The number of nitrogens with zero attached hydrogens (tertiary/aromatic N) is 2. The number of rotatable bonds is 2. The van der Waals surface area contributed by atoms with E-state index in [1.165, 1.54) is 18.6 Å². The molecule has 0 amide bonds. The third-order valence-electron chi connectivity index (χ3n) is 3.15. The molecule has 1 aromatic rings. The van der Waals surface area contributed by atoms with Crippen molar-refractivity contribution in [2.45, 2.75) is 38.5 Å². The Morgan fingerprint density at radius 1 is 1.38 bits per heavy atom. The van der Waals surface area contributed by atoms with E-state index in [-0.39, 0.29) is 11.9 Å². The van der Waals surface area contributed by atoms with E-state index in [4.69, 9.17) is 4.74 Å². The molecule has 1 saturated carbocycles. The zero-order valence-electron chi connectivity index (χ0n) is 9.60. The first-order valence-corrected chi connectivity index (χ1v) is 6.36. The van der Waals surface area contributed by atoms with Gasteiger partial charge in [-0.25, -0.2) is 4.98 Å². The van der Waals surface area contributed by atoms with Gasteiger partial charge in [0.25, 0.3) is 0 Å². The Labute approximate surface area is 99.2 Å². The van der Waals surface area contributed by atoms with E-state index in [0.717, 1.165) is 36.5 Å². The minimum absolute atomic E-state index is 0.0631. The monoisotopic (exact) mass is 240 g/mol. The maximum atomic E-state index is 11.4. The Balaban J connectivity index is 1.92. The van der Waals surface area contributed by atoms with Crippen LogP contribution in [0, 0.1) is 12.8 Å². The molecular weight excluding hydrogens is 224 g/mol. The largest absolute Gasteiger partial charge is 0.469 e. The second-order valence-electron chi connectivity index (χ2n) is 4.25. The number of carbonyl (C=O) groups is 1. The molecular formula is C11H16N2O2S. The SMILES string of the molecule is COC(=O)[C@H]1CC[C@H](c2nc(C)ns2)CC1. The number of hydrogen-bond donors (Lipinski definition) is 0. The van der Waals surface area contributed by atoms with Crippen LogP contribution in [0.3, 0.4) is 0 Å². The van der Waals surface area contributed by atoms with Crippen LogP contribution in [0.25, 0.3) is 0 Å². The van der Waals surface area contributed by atoms with E-state index >= 15 is 0 Å². The summed E-state index contributed by atoms with van der Waals surface area (Å²) in [5, 5.41) is 1.13. The molecule has 0 atom stereocenters. The lowest BCUT2D eigenvalue weighted by Crippen LogP contribution is -2.22. The van der Waals surface area contributed by atoms with E-state index in [1.54, 1.807) is 0 Å². The summed E-state index contributed by atoms with van der Waals surface area (Å²) in [7, 11) is 1.46. The topological polar surface area (TPSA) is 52.1 Å². The molecule has 0 aliphatic heterocycles. The van der Waals surface area contributed by atoms with Gasteiger partial charge in [-0.3, -0.25) is 4.79 Å². The normalized spacial score (nSPS) is 25.4. The molecule has 0 bridgehead atoms. The number of methoxy groups -OCH3 is 1. The maximum absolute atomic E-state index is 11.4. The first kappa shape index (κ1) is 11.5. The molecule has 1 aliphatic carbocycles. The fraction of sp³-hybridized carbons (Fsp3) is 0.727. The Morgan fingerprint density at radius 3 is 2.56 bits per heavy atom. The lowest BCUT2D eigenvalue weighted by Gasteiger charge is -2.25. The second-order valence-corrected chi connectivity index (χ2v) is 5.03. The summed E-state index contributed by atoms with van der Waals surface area (Å²) in [6.45, 7) is 1.92. The van der Waals surface area contributed by atoms with Gasteiger partial charge in [0, 0.05) is 5.92 Å². The highest BCUT2D eigenvalue weighted by Crippen LogP contribution is 2.36. The standard InChI is InChI=1S/C11H16N2O2S/c1-7-12-10(16-13-7)8-3-5-9(6-4-8)11(14)15-2/h8-9H,3-6H2,1-2H3/t8-,9-. The Hall–Kier alpha value is -0.970. The summed E-state index contributed by atoms with van der Waals surface area (Å²) in [6, 6.07) is 0. The van der Waals surface area contributed by atoms with Crippen LogP contribution in [0.5, 0.6) is 0 Å². The molecule has 2 rings (SSSR count). The van der Waals surface area contributed by atoms with Gasteiger partial charge in [-0.15, -0.1) is 0 Å². The molecule has 1 aliphatic rings. The van der Waals surface area contributed by atoms with E-state index in [1.807, 2.05) is 6.92 Å². The number of carbonyl (C=O) groups excluding carboxylic acids is 1. The van der Waals surface area contributed by atoms with Crippen LogP contribution in [0.4, 0.5) is 0 Å². The van der Waals surface area contributed by atoms with Crippen molar-refractivity contribution >= 4 is 17.5 Å². The van der Waals surface area contributed by atoms with Crippen LogP contribution < -0.4 is 0 Å². The average Bonchev–Trinajstić information content (AvgIpc) is 2.75. The predicted octanol–water partition coefficient (Wildman–Crippen LogP) is 2.29. The Morgan fingerprint density at radius 2 is 2.06 bits per heavy atom. The molecule has 1 heterocycles. The molecule has 4 nitrogen and oxygen atoms in total. The number of aromatic nitrogens is 2. The second kappa shape index (κ2) is 4.91. The van der Waals surface area contributed by atoms with Gasteiger partial charge >= 0.3 is 5.97 Å². The van der Waals surface area contributed by atoms with Crippen molar-refractivity contribution in [2.24, 2.45) is 5.92 Å². The van der Waals surface area contributed by atoms with Crippen LogP contribution in [0.1, 0.15) is 42.4 Å². The van der Waals surface area contributed by atoms with Crippen molar-refractivity contribution in [3.63, 3.8) is 0 Å². The third kappa shape index (κ3) is 2.40. The predicted molar refractivity (Wildman–Crippen MR) is 61.4 cm³/mol. The smallest absolute Gasteiger partial charge is 0.308 e. The molecule has 16 heavy (non-hydrogen) atoms. The summed E-state index contributed by atoms with van der Waals surface area (Å²) in [5.41, 5.74) is 0. The highest BCUT2D eigenvalue weighted by atomic mass is 32.1. The van der Waals surface area contributed by atoms with Crippen LogP contribution >= 0.6 is 11.5 Å². The fourth-order valence-corrected chi connectivity index (χ4v) is 3.05. The van der Waals surface area contributed by atoms with Crippen LogP contribution in [0.15, 0.2) is 0 Å². The van der Waals surface area contributed by atoms with Gasteiger partial charge < -0.3 is 4.74 Å². The quantitative estimate of drug-likeness (QED) is 0.744. The highest BCUT2D eigenvalue weighted by molar-refractivity contribution is 7.05. The summed E-state index contributed by atoms with van der Waals surface area (Å²) in [6.07, 6.45) is 3.87. The van der Waals surface area contributed by atoms with Crippen molar-refractivity contribution in [3.8, 4) is 0 Å². The first-order valence-electron chi connectivity index (χ1n) is 5.58. The molecule has 1 aromatic heterocycles. The minimum atomic E-state index is -0.0631. The van der Waals surface area contributed by atoms with Gasteiger partial charge in [0.1, 0.15) is 10.8 Å². The van der Waals surface area contributed by atoms with E-state index in [9.17, 15) is 4.79 Å². The lowest BCUT2D eigenvalue weighted by molar-refractivity contribution is -0.146. The molecule has 88 valence electrons. The summed E-state index contributed by atoms with van der Waals surface area (Å²) < 4.78 is 8.97. The summed E-state index contributed by atoms with van der Waals surface area (Å²) in [4.78, 5) is 15.8.